The molecular formula is C17H15FN4O5S. The summed E-state index contributed by atoms with van der Waals surface area (Å²) in [4.78, 5) is 25.3. The van der Waals surface area contributed by atoms with E-state index < -0.39 is 32.4 Å². The number of amides is 1. The van der Waals surface area contributed by atoms with Gasteiger partial charge >= 0.3 is 5.76 Å². The second kappa shape index (κ2) is 7.37. The standard InChI is InChI=1S/C17H15FN4O5S/c1-22(2)28(25,26)14-9-11(6-7-13(14)18)16(23)19-12-5-3-4-10(8-12)15-20-17(24)27-21-15/h3-9H,1-2H3,(H,19,23)(H,20,21,24). The number of nitrogens with zero attached hydrogens (tertiary/aromatic N) is 2. The quantitative estimate of drug-likeness (QED) is 0.664. The number of halogens is 1. The van der Waals surface area contributed by atoms with Crippen LogP contribution in [0.5, 0.6) is 0 Å². The molecule has 0 radical (unpaired) electrons. The van der Waals surface area contributed by atoms with E-state index in [9.17, 15) is 22.4 Å². The summed E-state index contributed by atoms with van der Waals surface area (Å²) in [6, 6.07) is 9.44. The van der Waals surface area contributed by atoms with E-state index in [1.165, 1.54) is 26.2 Å². The number of carbonyl (C=O) groups is 1. The zero-order valence-corrected chi connectivity index (χ0v) is 15.6. The van der Waals surface area contributed by atoms with Gasteiger partial charge in [-0.2, -0.15) is 0 Å². The van der Waals surface area contributed by atoms with E-state index in [0.717, 1.165) is 16.4 Å². The molecule has 28 heavy (non-hydrogen) atoms. The number of benzene rings is 2. The first-order valence-corrected chi connectivity index (χ1v) is 9.32. The molecule has 3 rings (SSSR count). The van der Waals surface area contributed by atoms with Crippen molar-refractivity contribution in [2.24, 2.45) is 0 Å². The maximum Gasteiger partial charge on any atom is 0.439 e. The normalized spacial score (nSPS) is 11.6. The summed E-state index contributed by atoms with van der Waals surface area (Å²) in [7, 11) is -1.52. The van der Waals surface area contributed by atoms with Crippen LogP contribution < -0.4 is 11.1 Å². The average Bonchev–Trinajstić information content (AvgIpc) is 3.08. The number of rotatable bonds is 5. The molecule has 2 aromatic carbocycles. The zero-order valence-electron chi connectivity index (χ0n) is 14.8. The molecule has 1 aromatic heterocycles. The van der Waals surface area contributed by atoms with Crippen molar-refractivity contribution in [2.45, 2.75) is 4.90 Å². The number of hydrogen-bond acceptors (Lipinski definition) is 6. The third-order valence-corrected chi connectivity index (χ3v) is 5.62. The van der Waals surface area contributed by atoms with Gasteiger partial charge in [0.25, 0.3) is 5.91 Å². The van der Waals surface area contributed by atoms with Gasteiger partial charge in [-0.15, -0.1) is 0 Å². The van der Waals surface area contributed by atoms with Gasteiger partial charge in [0.2, 0.25) is 10.0 Å². The smallest absolute Gasteiger partial charge is 0.322 e. The van der Waals surface area contributed by atoms with Gasteiger partial charge in [0.1, 0.15) is 10.7 Å². The van der Waals surface area contributed by atoms with Gasteiger partial charge in [-0.25, -0.2) is 21.9 Å². The lowest BCUT2D eigenvalue weighted by Gasteiger charge is -2.13. The largest absolute Gasteiger partial charge is 0.439 e. The molecule has 0 fully saturated rings. The Morgan fingerprint density at radius 1 is 1.21 bits per heavy atom. The molecule has 1 amide bonds. The van der Waals surface area contributed by atoms with Crippen LogP contribution in [0, 0.1) is 5.82 Å². The molecule has 3 aromatic rings. The summed E-state index contributed by atoms with van der Waals surface area (Å²) in [5, 5.41) is 6.14. The monoisotopic (exact) mass is 406 g/mol. The van der Waals surface area contributed by atoms with Gasteiger partial charge in [-0.05, 0) is 30.3 Å². The van der Waals surface area contributed by atoms with E-state index in [1.807, 2.05) is 0 Å². The molecule has 0 aliphatic heterocycles. The number of carbonyl (C=O) groups excluding carboxylic acids is 1. The minimum Gasteiger partial charge on any atom is -0.322 e. The van der Waals surface area contributed by atoms with Gasteiger partial charge in [0.05, 0.1) is 0 Å². The third-order valence-electron chi connectivity index (χ3n) is 3.79. The summed E-state index contributed by atoms with van der Waals surface area (Å²) in [6.07, 6.45) is 0. The van der Waals surface area contributed by atoms with Crippen LogP contribution in [0.2, 0.25) is 0 Å². The molecule has 146 valence electrons. The lowest BCUT2D eigenvalue weighted by molar-refractivity contribution is 0.102. The number of nitrogens with one attached hydrogen (secondary N) is 2. The molecule has 0 aliphatic rings. The highest BCUT2D eigenvalue weighted by molar-refractivity contribution is 7.89. The molecule has 9 nitrogen and oxygen atoms in total. The second-order valence-corrected chi connectivity index (χ2v) is 8.03. The first-order valence-electron chi connectivity index (χ1n) is 7.88. The molecule has 2 N–H and O–H groups in total. The molecule has 0 unspecified atom stereocenters. The van der Waals surface area contributed by atoms with Crippen molar-refractivity contribution < 1.29 is 22.1 Å². The van der Waals surface area contributed by atoms with Crippen molar-refractivity contribution in [3.8, 4) is 11.4 Å². The molecule has 11 heteroatoms. The molecule has 0 saturated heterocycles. The zero-order chi connectivity index (χ0) is 20.5. The Balaban J connectivity index is 1.89. The highest BCUT2D eigenvalue weighted by Crippen LogP contribution is 2.22. The van der Waals surface area contributed by atoms with Crippen LogP contribution >= 0.6 is 0 Å². The Labute approximate surface area is 158 Å². The first kappa shape index (κ1) is 19.5. The molecule has 0 spiro atoms. The van der Waals surface area contributed by atoms with Crippen molar-refractivity contribution in [3.63, 3.8) is 0 Å². The number of sulfonamides is 1. The van der Waals surface area contributed by atoms with Crippen LogP contribution in [0.3, 0.4) is 0 Å². The predicted molar refractivity (Wildman–Crippen MR) is 97.8 cm³/mol. The van der Waals surface area contributed by atoms with Crippen molar-refractivity contribution in [1.82, 2.24) is 14.4 Å². The fourth-order valence-electron chi connectivity index (χ4n) is 2.34. The van der Waals surface area contributed by atoms with E-state index in [2.05, 4.69) is 20.0 Å². The number of aromatic nitrogens is 2. The molecule has 0 aliphatic carbocycles. The molecule has 0 bridgehead atoms. The van der Waals surface area contributed by atoms with Crippen molar-refractivity contribution >= 4 is 21.6 Å². The van der Waals surface area contributed by atoms with Gasteiger partial charge in [0.15, 0.2) is 5.82 Å². The maximum atomic E-state index is 14.0. The maximum absolute atomic E-state index is 14.0. The minimum atomic E-state index is -4.05. The molecule has 0 saturated carbocycles. The van der Waals surface area contributed by atoms with Crippen LogP contribution in [-0.4, -0.2) is 42.9 Å². The number of hydrogen-bond donors (Lipinski definition) is 2. The van der Waals surface area contributed by atoms with E-state index >= 15 is 0 Å². The van der Waals surface area contributed by atoms with E-state index in [0.29, 0.717) is 11.3 Å². The predicted octanol–water partition coefficient (Wildman–Crippen LogP) is 1.67. The van der Waals surface area contributed by atoms with E-state index in [1.54, 1.807) is 18.2 Å². The van der Waals surface area contributed by atoms with Gasteiger partial charge < -0.3 is 5.32 Å². The summed E-state index contributed by atoms with van der Waals surface area (Å²) in [5.74, 6) is -2.13. The highest BCUT2D eigenvalue weighted by atomic mass is 32.2. The topological polar surface area (TPSA) is 125 Å². The van der Waals surface area contributed by atoms with E-state index in [4.69, 9.17) is 0 Å². The number of aromatic amines is 1. The summed E-state index contributed by atoms with van der Waals surface area (Å²) in [6.45, 7) is 0. The van der Waals surface area contributed by atoms with E-state index in [-0.39, 0.29) is 11.4 Å². The Hall–Kier alpha value is -3.31. The van der Waals surface area contributed by atoms with Gasteiger partial charge in [0, 0.05) is 30.9 Å². The fraction of sp³-hybridized carbons (Fsp3) is 0.118. The lowest BCUT2D eigenvalue weighted by atomic mass is 10.1. The number of anilines is 1. The highest BCUT2D eigenvalue weighted by Gasteiger charge is 2.23. The fourth-order valence-corrected chi connectivity index (χ4v) is 3.32. The summed E-state index contributed by atoms with van der Waals surface area (Å²) >= 11 is 0. The van der Waals surface area contributed by atoms with Crippen molar-refractivity contribution in [1.29, 1.82) is 0 Å². The van der Waals surface area contributed by atoms with Crippen molar-refractivity contribution in [2.75, 3.05) is 19.4 Å². The van der Waals surface area contributed by atoms with Crippen LogP contribution in [-0.2, 0) is 10.0 Å². The Bertz CT molecular complexity index is 1200. The second-order valence-electron chi connectivity index (χ2n) is 5.91. The minimum absolute atomic E-state index is 0.0397. The average molecular weight is 406 g/mol. The Morgan fingerprint density at radius 3 is 2.61 bits per heavy atom. The van der Waals surface area contributed by atoms with Crippen LogP contribution in [0.1, 0.15) is 10.4 Å². The summed E-state index contributed by atoms with van der Waals surface area (Å²) < 4.78 is 43.7. The Kier molecular flexibility index (Phi) is 5.12. The van der Waals surface area contributed by atoms with Crippen LogP contribution in [0.4, 0.5) is 10.1 Å². The number of H-pyrrole nitrogens is 1. The van der Waals surface area contributed by atoms with Gasteiger partial charge in [-0.1, -0.05) is 17.3 Å². The molecule has 0 atom stereocenters. The van der Waals surface area contributed by atoms with Gasteiger partial charge in [-0.3, -0.25) is 14.3 Å². The van der Waals surface area contributed by atoms with Crippen LogP contribution in [0.25, 0.3) is 11.4 Å². The van der Waals surface area contributed by atoms with Crippen LogP contribution in [0.15, 0.2) is 56.7 Å². The first-order chi connectivity index (χ1) is 13.2. The SMILES string of the molecule is CN(C)S(=O)(=O)c1cc(C(=O)Nc2cccc(-c3noc(=O)[nH]3)c2)ccc1F. The van der Waals surface area contributed by atoms with Crippen molar-refractivity contribution in [3.05, 3.63) is 64.4 Å². The molecule has 1 heterocycles. The lowest BCUT2D eigenvalue weighted by Crippen LogP contribution is -2.24. The Morgan fingerprint density at radius 2 is 1.96 bits per heavy atom. The summed E-state index contributed by atoms with van der Waals surface area (Å²) in [5.41, 5.74) is 0.799. The molecular weight excluding hydrogens is 391 g/mol. The third kappa shape index (κ3) is 3.85.